The third-order valence-corrected chi connectivity index (χ3v) is 5.29. The zero-order valence-electron chi connectivity index (χ0n) is 16.1. The van der Waals surface area contributed by atoms with Crippen LogP contribution in [0.2, 0.25) is 0 Å². The molecule has 0 radical (unpaired) electrons. The third-order valence-electron chi connectivity index (χ3n) is 4.76. The topological polar surface area (TPSA) is 58.4 Å². The zero-order valence-corrected chi connectivity index (χ0v) is 17.6. The Hall–Kier alpha value is -2.44. The molecule has 0 aliphatic carbocycles. The SMILES string of the molecule is CCN(CC)C(CNC(=O)c1cc(-c2ccc(Br)cc2)on1)c1ccccc1. The summed E-state index contributed by atoms with van der Waals surface area (Å²) in [4.78, 5) is 14.9. The summed E-state index contributed by atoms with van der Waals surface area (Å²) in [5.41, 5.74) is 2.34. The summed E-state index contributed by atoms with van der Waals surface area (Å²) >= 11 is 3.41. The molecule has 0 bridgehead atoms. The highest BCUT2D eigenvalue weighted by atomic mass is 79.9. The first kappa shape index (κ1) is 20.3. The minimum absolute atomic E-state index is 0.109. The lowest BCUT2D eigenvalue weighted by Crippen LogP contribution is -2.38. The van der Waals surface area contributed by atoms with Gasteiger partial charge in [0.2, 0.25) is 0 Å². The Morgan fingerprint density at radius 2 is 1.79 bits per heavy atom. The van der Waals surface area contributed by atoms with Crippen LogP contribution in [0.4, 0.5) is 0 Å². The average Bonchev–Trinajstić information content (AvgIpc) is 3.22. The molecule has 146 valence electrons. The van der Waals surface area contributed by atoms with Crippen molar-refractivity contribution in [2.75, 3.05) is 19.6 Å². The summed E-state index contributed by atoms with van der Waals surface area (Å²) in [6.45, 7) is 6.57. The molecule has 0 fully saturated rings. The second kappa shape index (κ2) is 9.66. The molecule has 0 saturated heterocycles. The summed E-state index contributed by atoms with van der Waals surface area (Å²) in [5.74, 6) is 0.334. The fourth-order valence-corrected chi connectivity index (χ4v) is 3.47. The smallest absolute Gasteiger partial charge is 0.273 e. The summed E-state index contributed by atoms with van der Waals surface area (Å²) in [5, 5.41) is 6.95. The zero-order chi connectivity index (χ0) is 19.9. The highest BCUT2D eigenvalue weighted by molar-refractivity contribution is 9.10. The highest BCUT2D eigenvalue weighted by Crippen LogP contribution is 2.23. The lowest BCUT2D eigenvalue weighted by atomic mass is 10.0. The van der Waals surface area contributed by atoms with E-state index in [2.05, 4.69) is 57.3 Å². The van der Waals surface area contributed by atoms with Crippen molar-refractivity contribution in [3.63, 3.8) is 0 Å². The summed E-state index contributed by atoms with van der Waals surface area (Å²) in [6, 6.07) is 19.7. The van der Waals surface area contributed by atoms with E-state index in [1.165, 1.54) is 5.56 Å². The van der Waals surface area contributed by atoms with E-state index in [4.69, 9.17) is 4.52 Å². The monoisotopic (exact) mass is 441 g/mol. The van der Waals surface area contributed by atoms with Crippen molar-refractivity contribution >= 4 is 21.8 Å². The van der Waals surface area contributed by atoms with Gasteiger partial charge in [0.25, 0.3) is 5.91 Å². The van der Waals surface area contributed by atoms with E-state index in [-0.39, 0.29) is 17.6 Å². The predicted octanol–water partition coefficient (Wildman–Crippen LogP) is 4.92. The molecule has 1 atom stereocenters. The second-order valence-electron chi connectivity index (χ2n) is 6.44. The number of carbonyl (C=O) groups is 1. The van der Waals surface area contributed by atoms with Crippen LogP contribution in [0.1, 0.15) is 35.9 Å². The third kappa shape index (κ3) is 4.88. The Labute approximate surface area is 173 Å². The number of halogens is 1. The molecule has 3 rings (SSSR count). The molecule has 28 heavy (non-hydrogen) atoms. The van der Waals surface area contributed by atoms with Crippen LogP contribution < -0.4 is 5.32 Å². The predicted molar refractivity (Wildman–Crippen MR) is 114 cm³/mol. The van der Waals surface area contributed by atoms with E-state index in [0.29, 0.717) is 12.3 Å². The van der Waals surface area contributed by atoms with Gasteiger partial charge in [0.15, 0.2) is 11.5 Å². The van der Waals surface area contributed by atoms with Crippen molar-refractivity contribution in [2.24, 2.45) is 0 Å². The number of hydrogen-bond acceptors (Lipinski definition) is 4. The summed E-state index contributed by atoms with van der Waals surface area (Å²) < 4.78 is 6.34. The molecule has 1 unspecified atom stereocenters. The molecule has 1 amide bonds. The molecular formula is C22H24BrN3O2. The number of amides is 1. The Balaban J connectivity index is 1.70. The van der Waals surface area contributed by atoms with Gasteiger partial charge in [-0.15, -0.1) is 0 Å². The van der Waals surface area contributed by atoms with Gasteiger partial charge in [-0.1, -0.05) is 77.4 Å². The molecular weight excluding hydrogens is 418 g/mol. The second-order valence-corrected chi connectivity index (χ2v) is 7.36. The lowest BCUT2D eigenvalue weighted by Gasteiger charge is -2.30. The normalized spacial score (nSPS) is 12.1. The molecule has 6 heteroatoms. The maximum absolute atomic E-state index is 12.6. The average molecular weight is 442 g/mol. The van der Waals surface area contributed by atoms with E-state index in [1.807, 2.05) is 42.5 Å². The van der Waals surface area contributed by atoms with Crippen LogP contribution in [0.15, 0.2) is 69.7 Å². The van der Waals surface area contributed by atoms with Crippen molar-refractivity contribution in [2.45, 2.75) is 19.9 Å². The molecule has 1 N–H and O–H groups in total. The van der Waals surface area contributed by atoms with E-state index in [9.17, 15) is 4.79 Å². The van der Waals surface area contributed by atoms with Crippen LogP contribution in [0, 0.1) is 0 Å². The van der Waals surface area contributed by atoms with Crippen LogP contribution in [0.3, 0.4) is 0 Å². The van der Waals surface area contributed by atoms with Crippen LogP contribution in [-0.2, 0) is 0 Å². The number of hydrogen-bond donors (Lipinski definition) is 1. The van der Waals surface area contributed by atoms with Gasteiger partial charge in [-0.05, 0) is 30.8 Å². The standard InChI is InChI=1S/C22H24BrN3O2/c1-3-26(4-2)20(16-8-6-5-7-9-16)15-24-22(27)19-14-21(28-25-19)17-10-12-18(23)13-11-17/h5-14,20H,3-4,15H2,1-2H3,(H,24,27). The minimum atomic E-state index is -0.236. The van der Waals surface area contributed by atoms with Crippen LogP contribution in [0.5, 0.6) is 0 Å². The van der Waals surface area contributed by atoms with Gasteiger partial charge in [0.1, 0.15) is 0 Å². The number of likely N-dealkylation sites (N-methyl/N-ethyl adjacent to an activating group) is 1. The van der Waals surface area contributed by atoms with Gasteiger partial charge >= 0.3 is 0 Å². The maximum atomic E-state index is 12.6. The number of nitrogens with zero attached hydrogens (tertiary/aromatic N) is 2. The van der Waals surface area contributed by atoms with Gasteiger partial charge in [-0.3, -0.25) is 9.69 Å². The Bertz CT molecular complexity index is 890. The molecule has 5 nitrogen and oxygen atoms in total. The van der Waals surface area contributed by atoms with Gasteiger partial charge in [0, 0.05) is 22.6 Å². The molecule has 0 aliphatic heterocycles. The van der Waals surface area contributed by atoms with Gasteiger partial charge in [-0.2, -0.15) is 0 Å². The van der Waals surface area contributed by atoms with E-state index in [1.54, 1.807) is 6.07 Å². The Morgan fingerprint density at radius 3 is 2.43 bits per heavy atom. The summed E-state index contributed by atoms with van der Waals surface area (Å²) in [7, 11) is 0. The molecule has 0 spiro atoms. The number of benzene rings is 2. The molecule has 0 aliphatic rings. The lowest BCUT2D eigenvalue weighted by molar-refractivity contribution is 0.0926. The molecule has 1 aromatic heterocycles. The van der Waals surface area contributed by atoms with Gasteiger partial charge in [-0.25, -0.2) is 0 Å². The first-order valence-electron chi connectivity index (χ1n) is 9.42. The fraction of sp³-hybridized carbons (Fsp3) is 0.273. The number of aromatic nitrogens is 1. The van der Waals surface area contributed by atoms with Crippen LogP contribution in [-0.4, -0.2) is 35.6 Å². The van der Waals surface area contributed by atoms with Crippen molar-refractivity contribution in [1.82, 2.24) is 15.4 Å². The van der Waals surface area contributed by atoms with Gasteiger partial charge < -0.3 is 9.84 Å². The summed E-state index contributed by atoms with van der Waals surface area (Å²) in [6.07, 6.45) is 0. The van der Waals surface area contributed by atoms with Crippen molar-refractivity contribution in [1.29, 1.82) is 0 Å². The number of nitrogens with one attached hydrogen (secondary N) is 1. The molecule has 2 aromatic carbocycles. The quantitative estimate of drug-likeness (QED) is 0.538. The van der Waals surface area contributed by atoms with E-state index in [0.717, 1.165) is 23.1 Å². The largest absolute Gasteiger partial charge is 0.355 e. The Morgan fingerprint density at radius 1 is 1.11 bits per heavy atom. The molecule has 0 saturated carbocycles. The maximum Gasteiger partial charge on any atom is 0.273 e. The highest BCUT2D eigenvalue weighted by Gasteiger charge is 2.20. The van der Waals surface area contributed by atoms with Crippen LogP contribution in [0.25, 0.3) is 11.3 Å². The Kier molecular flexibility index (Phi) is 7.01. The number of rotatable bonds is 8. The van der Waals surface area contributed by atoms with Crippen molar-refractivity contribution < 1.29 is 9.32 Å². The molecule has 3 aromatic rings. The van der Waals surface area contributed by atoms with E-state index < -0.39 is 0 Å². The minimum Gasteiger partial charge on any atom is -0.355 e. The molecule has 1 heterocycles. The van der Waals surface area contributed by atoms with Crippen molar-refractivity contribution in [3.05, 3.63) is 76.4 Å². The first-order valence-corrected chi connectivity index (χ1v) is 10.2. The number of carbonyl (C=O) groups excluding carboxylic acids is 1. The van der Waals surface area contributed by atoms with Gasteiger partial charge in [0.05, 0.1) is 6.04 Å². The fourth-order valence-electron chi connectivity index (χ4n) is 3.21. The van der Waals surface area contributed by atoms with Crippen LogP contribution >= 0.6 is 15.9 Å². The first-order chi connectivity index (χ1) is 13.6. The van der Waals surface area contributed by atoms with E-state index >= 15 is 0 Å². The van der Waals surface area contributed by atoms with Crippen molar-refractivity contribution in [3.8, 4) is 11.3 Å².